The molecular formula is C5H12Cl3NO2S. The zero-order valence-corrected chi connectivity index (χ0v) is 9.52. The molecule has 0 saturated heterocycles. The molecule has 1 unspecified atom stereocenters. The van der Waals surface area contributed by atoms with Crippen LogP contribution >= 0.6 is 35.6 Å². The van der Waals surface area contributed by atoms with Crippen LogP contribution in [0.1, 0.15) is 0 Å². The van der Waals surface area contributed by atoms with Crippen molar-refractivity contribution >= 4 is 45.4 Å². The van der Waals surface area contributed by atoms with E-state index in [1.54, 1.807) is 0 Å². The largest absolute Gasteiger partial charge is 0.329 e. The highest BCUT2D eigenvalue weighted by atomic mass is 35.5. The molecule has 0 aliphatic rings. The first-order valence-corrected chi connectivity index (χ1v) is 5.91. The third kappa shape index (κ3) is 7.43. The molecule has 0 amide bonds. The molecule has 0 aliphatic heterocycles. The van der Waals surface area contributed by atoms with Gasteiger partial charge in [0, 0.05) is 12.4 Å². The topological polar surface area (TPSA) is 60.2 Å². The van der Waals surface area contributed by atoms with Gasteiger partial charge in [-0.25, -0.2) is 8.42 Å². The van der Waals surface area contributed by atoms with Crippen LogP contribution in [0.25, 0.3) is 0 Å². The molecule has 2 N–H and O–H groups in total. The zero-order valence-electron chi connectivity index (χ0n) is 6.37. The van der Waals surface area contributed by atoms with Crippen molar-refractivity contribution in [3.8, 4) is 0 Å². The highest BCUT2D eigenvalue weighted by Crippen LogP contribution is 2.00. The number of rotatable bonds is 5. The standard InChI is InChI=1S/C5H11Cl2NO2S.ClH/c6-1-2-11(9,10)4-5(7)3-8;/h5H,1-4,8H2;1H. The minimum Gasteiger partial charge on any atom is -0.329 e. The van der Waals surface area contributed by atoms with Crippen molar-refractivity contribution in [3.05, 3.63) is 0 Å². The number of nitrogens with two attached hydrogens (primary N) is 1. The third-order valence-electron chi connectivity index (χ3n) is 1.08. The van der Waals surface area contributed by atoms with Gasteiger partial charge in [-0.2, -0.15) is 0 Å². The van der Waals surface area contributed by atoms with Gasteiger partial charge in [-0.05, 0) is 0 Å². The Hall–Kier alpha value is 0.780. The average Bonchev–Trinajstić information content (AvgIpc) is 1.86. The van der Waals surface area contributed by atoms with Crippen LogP contribution in [0.15, 0.2) is 0 Å². The van der Waals surface area contributed by atoms with Crippen molar-refractivity contribution in [2.24, 2.45) is 5.73 Å². The second-order valence-electron chi connectivity index (χ2n) is 2.14. The van der Waals surface area contributed by atoms with Gasteiger partial charge in [0.05, 0.1) is 16.9 Å². The van der Waals surface area contributed by atoms with Crippen LogP contribution in [0.3, 0.4) is 0 Å². The van der Waals surface area contributed by atoms with Crippen molar-refractivity contribution in [1.82, 2.24) is 0 Å². The Morgan fingerprint density at radius 3 is 2.25 bits per heavy atom. The lowest BCUT2D eigenvalue weighted by Gasteiger charge is -2.05. The van der Waals surface area contributed by atoms with E-state index < -0.39 is 15.2 Å². The number of hydrogen-bond acceptors (Lipinski definition) is 3. The van der Waals surface area contributed by atoms with Gasteiger partial charge in [0.2, 0.25) is 0 Å². The number of alkyl halides is 2. The summed E-state index contributed by atoms with van der Waals surface area (Å²) in [5.41, 5.74) is 5.15. The quantitative estimate of drug-likeness (QED) is 0.734. The molecule has 1 atom stereocenters. The molecule has 7 heteroatoms. The van der Waals surface area contributed by atoms with E-state index in [2.05, 4.69) is 0 Å². The molecule has 76 valence electrons. The number of sulfone groups is 1. The molecule has 12 heavy (non-hydrogen) atoms. The molecule has 0 spiro atoms. The molecule has 0 radical (unpaired) electrons. The SMILES string of the molecule is Cl.NCC(Cl)CS(=O)(=O)CCCl. The first kappa shape index (κ1) is 15.3. The lowest BCUT2D eigenvalue weighted by Crippen LogP contribution is -2.25. The Labute approximate surface area is 88.9 Å². The highest BCUT2D eigenvalue weighted by molar-refractivity contribution is 7.91. The van der Waals surface area contributed by atoms with Gasteiger partial charge in [0.1, 0.15) is 0 Å². The van der Waals surface area contributed by atoms with Gasteiger partial charge >= 0.3 is 0 Å². The van der Waals surface area contributed by atoms with Gasteiger partial charge in [-0.3, -0.25) is 0 Å². The van der Waals surface area contributed by atoms with E-state index in [1.165, 1.54) is 0 Å². The van der Waals surface area contributed by atoms with Crippen molar-refractivity contribution in [3.63, 3.8) is 0 Å². The Balaban J connectivity index is 0. The van der Waals surface area contributed by atoms with Crippen LogP contribution in [0.4, 0.5) is 0 Å². The summed E-state index contributed by atoms with van der Waals surface area (Å²) in [6.45, 7) is 0.170. The van der Waals surface area contributed by atoms with Gasteiger partial charge in [-0.1, -0.05) is 0 Å². The fraction of sp³-hybridized carbons (Fsp3) is 1.00. The fourth-order valence-corrected chi connectivity index (χ4v) is 2.91. The normalized spacial score (nSPS) is 13.6. The van der Waals surface area contributed by atoms with E-state index in [4.69, 9.17) is 28.9 Å². The van der Waals surface area contributed by atoms with E-state index in [0.29, 0.717) is 0 Å². The van der Waals surface area contributed by atoms with Crippen LogP contribution in [0.5, 0.6) is 0 Å². The van der Waals surface area contributed by atoms with Gasteiger partial charge in [-0.15, -0.1) is 35.6 Å². The molecule has 0 fully saturated rings. The minimum atomic E-state index is -3.09. The van der Waals surface area contributed by atoms with Gasteiger partial charge in [0.25, 0.3) is 0 Å². The summed E-state index contributed by atoms with van der Waals surface area (Å²) >= 11 is 10.8. The summed E-state index contributed by atoms with van der Waals surface area (Å²) in [7, 11) is -3.09. The van der Waals surface area contributed by atoms with E-state index in [-0.39, 0.29) is 36.3 Å². The highest BCUT2D eigenvalue weighted by Gasteiger charge is 2.15. The summed E-state index contributed by atoms with van der Waals surface area (Å²) < 4.78 is 22.0. The van der Waals surface area contributed by atoms with Crippen LogP contribution in [0.2, 0.25) is 0 Å². The summed E-state index contributed by atoms with van der Waals surface area (Å²) in [5, 5.41) is -0.497. The number of hydrogen-bond donors (Lipinski definition) is 1. The van der Waals surface area contributed by atoms with Crippen molar-refractivity contribution in [2.45, 2.75) is 5.38 Å². The first-order valence-electron chi connectivity index (χ1n) is 3.12. The van der Waals surface area contributed by atoms with E-state index in [9.17, 15) is 8.42 Å². The molecule has 0 aliphatic carbocycles. The lowest BCUT2D eigenvalue weighted by atomic mass is 10.5. The predicted octanol–water partition coefficient (Wildman–Crippen LogP) is 0.628. The Kier molecular flexibility index (Phi) is 9.17. The van der Waals surface area contributed by atoms with E-state index in [0.717, 1.165) is 0 Å². The van der Waals surface area contributed by atoms with Crippen LogP contribution in [-0.2, 0) is 9.84 Å². The molecule has 3 nitrogen and oxygen atoms in total. The average molecular weight is 257 g/mol. The van der Waals surface area contributed by atoms with Gasteiger partial charge in [0.15, 0.2) is 9.84 Å². The maximum Gasteiger partial charge on any atom is 0.152 e. The summed E-state index contributed by atoms with van der Waals surface area (Å²) in [6, 6.07) is 0. The lowest BCUT2D eigenvalue weighted by molar-refractivity contribution is 0.595. The van der Waals surface area contributed by atoms with Crippen molar-refractivity contribution in [2.75, 3.05) is 23.9 Å². The Morgan fingerprint density at radius 2 is 1.92 bits per heavy atom. The molecule has 0 saturated carbocycles. The molecule has 0 heterocycles. The molecular weight excluding hydrogens is 244 g/mol. The molecule has 0 aromatic rings. The van der Waals surface area contributed by atoms with Crippen LogP contribution in [-0.4, -0.2) is 37.7 Å². The van der Waals surface area contributed by atoms with Crippen LogP contribution < -0.4 is 5.73 Å². The summed E-state index contributed by atoms with van der Waals surface area (Å²) in [6.07, 6.45) is 0. The first-order chi connectivity index (χ1) is 5.02. The van der Waals surface area contributed by atoms with Crippen molar-refractivity contribution < 1.29 is 8.42 Å². The van der Waals surface area contributed by atoms with E-state index >= 15 is 0 Å². The van der Waals surface area contributed by atoms with E-state index in [1.807, 2.05) is 0 Å². The van der Waals surface area contributed by atoms with Gasteiger partial charge < -0.3 is 5.73 Å². The number of halogens is 3. The van der Waals surface area contributed by atoms with Crippen LogP contribution in [0, 0.1) is 0 Å². The molecule has 0 bridgehead atoms. The fourth-order valence-electron chi connectivity index (χ4n) is 0.544. The molecule has 0 aromatic carbocycles. The maximum absolute atomic E-state index is 11.0. The Bertz CT molecular complexity index is 195. The predicted molar refractivity (Wildman–Crippen MR) is 55.3 cm³/mol. The third-order valence-corrected chi connectivity index (χ3v) is 3.74. The summed E-state index contributed by atoms with van der Waals surface area (Å²) in [5.74, 6) is -0.00787. The second kappa shape index (κ2) is 7.21. The maximum atomic E-state index is 11.0. The second-order valence-corrected chi connectivity index (χ2v) is 5.36. The molecule has 0 rings (SSSR count). The van der Waals surface area contributed by atoms with Crippen molar-refractivity contribution in [1.29, 1.82) is 0 Å². The summed E-state index contributed by atoms with van der Waals surface area (Å²) in [4.78, 5) is 0. The smallest absolute Gasteiger partial charge is 0.152 e. The minimum absolute atomic E-state index is 0. The molecule has 0 aromatic heterocycles. The monoisotopic (exact) mass is 255 g/mol. The zero-order chi connectivity index (χ0) is 8.91. The Morgan fingerprint density at radius 1 is 1.42 bits per heavy atom.